The summed E-state index contributed by atoms with van der Waals surface area (Å²) in [6.45, 7) is 2.04. The van der Waals surface area contributed by atoms with Crippen LogP contribution in [-0.2, 0) is 0 Å². The van der Waals surface area contributed by atoms with Crippen LogP contribution in [0.3, 0.4) is 0 Å². The Morgan fingerprint density at radius 3 is 2.42 bits per heavy atom. The number of carbonyl (C=O) groups excluding carboxylic acids is 1. The van der Waals surface area contributed by atoms with Gasteiger partial charge in [0.1, 0.15) is 10.7 Å². The van der Waals surface area contributed by atoms with Gasteiger partial charge in [0, 0.05) is 47.8 Å². The molecule has 158 valence electrons. The Kier molecular flexibility index (Phi) is 6.53. The lowest BCUT2D eigenvalue weighted by Crippen LogP contribution is -2.49. The van der Waals surface area contributed by atoms with E-state index < -0.39 is 0 Å². The fraction of sp³-hybridized carbons (Fsp3) is 0.182. The van der Waals surface area contributed by atoms with E-state index in [-0.39, 0.29) is 16.5 Å². The fourth-order valence-electron chi connectivity index (χ4n) is 3.46. The molecule has 1 saturated heterocycles. The van der Waals surface area contributed by atoms with Gasteiger partial charge in [0.05, 0.1) is 10.5 Å². The molecule has 0 spiro atoms. The summed E-state index contributed by atoms with van der Waals surface area (Å²) < 4.78 is 0.991. The molecule has 0 aliphatic carbocycles. The molecule has 0 bridgehead atoms. The molecule has 9 heteroatoms. The lowest BCUT2D eigenvalue weighted by Gasteiger charge is -2.36. The zero-order valence-corrected chi connectivity index (χ0v) is 18.9. The molecule has 0 unspecified atom stereocenters. The summed E-state index contributed by atoms with van der Waals surface area (Å²) in [5.74, 6) is -0.0741. The van der Waals surface area contributed by atoms with Crippen LogP contribution in [0.2, 0.25) is 0 Å². The number of carbonyl (C=O) groups is 1. The number of nitro benzene ring substituents is 1. The second-order valence-electron chi connectivity index (χ2n) is 6.94. The minimum Gasteiger partial charge on any atom is -0.362 e. The summed E-state index contributed by atoms with van der Waals surface area (Å²) in [6, 6.07) is 18.1. The van der Waals surface area contributed by atoms with Gasteiger partial charge in [-0.2, -0.15) is 0 Å². The van der Waals surface area contributed by atoms with Gasteiger partial charge in [-0.1, -0.05) is 39.8 Å². The third kappa shape index (κ3) is 4.88. The van der Waals surface area contributed by atoms with Crippen molar-refractivity contribution < 1.29 is 9.72 Å². The monoisotopic (exact) mass is 498 g/mol. The lowest BCUT2D eigenvalue weighted by molar-refractivity contribution is -0.384. The average Bonchev–Trinajstić information content (AvgIpc) is 2.80. The third-order valence-corrected chi connectivity index (χ3v) is 6.57. The van der Waals surface area contributed by atoms with E-state index in [0.29, 0.717) is 42.5 Å². The zero-order chi connectivity index (χ0) is 21.8. The molecule has 3 aromatic rings. The molecular weight excluding hydrogens is 480 g/mol. The van der Waals surface area contributed by atoms with Crippen LogP contribution in [0.15, 0.2) is 81.3 Å². The van der Waals surface area contributed by atoms with E-state index in [1.807, 2.05) is 29.2 Å². The molecule has 1 aromatic heterocycles. The van der Waals surface area contributed by atoms with Gasteiger partial charge in [-0.3, -0.25) is 14.9 Å². The summed E-state index contributed by atoms with van der Waals surface area (Å²) in [4.78, 5) is 33.4. The van der Waals surface area contributed by atoms with Crippen molar-refractivity contribution in [3.63, 3.8) is 0 Å². The van der Waals surface area contributed by atoms with E-state index in [9.17, 15) is 14.9 Å². The molecule has 7 nitrogen and oxygen atoms in total. The minimum absolute atomic E-state index is 0.0741. The number of para-hydroxylation sites is 2. The number of amides is 1. The first kappa shape index (κ1) is 21.3. The summed E-state index contributed by atoms with van der Waals surface area (Å²) >= 11 is 4.88. The van der Waals surface area contributed by atoms with E-state index >= 15 is 0 Å². The molecule has 2 heterocycles. The number of pyridine rings is 1. The largest absolute Gasteiger partial charge is 0.362 e. The number of hydrogen-bond acceptors (Lipinski definition) is 6. The van der Waals surface area contributed by atoms with E-state index in [2.05, 4.69) is 20.9 Å². The van der Waals surface area contributed by atoms with Gasteiger partial charge >= 0.3 is 0 Å². The van der Waals surface area contributed by atoms with Gasteiger partial charge < -0.3 is 9.80 Å². The topological polar surface area (TPSA) is 79.6 Å². The first-order valence-corrected chi connectivity index (χ1v) is 11.3. The molecule has 0 radical (unpaired) electrons. The van der Waals surface area contributed by atoms with Crippen molar-refractivity contribution in [2.24, 2.45) is 0 Å². The smallest absolute Gasteiger partial charge is 0.292 e. The van der Waals surface area contributed by atoms with Crippen LogP contribution in [0.25, 0.3) is 0 Å². The van der Waals surface area contributed by atoms with E-state index in [1.165, 1.54) is 17.8 Å². The van der Waals surface area contributed by atoms with Gasteiger partial charge in [0.25, 0.3) is 11.6 Å². The number of aromatic nitrogens is 1. The van der Waals surface area contributed by atoms with Crippen molar-refractivity contribution in [3.8, 4) is 0 Å². The number of anilines is 1. The highest BCUT2D eigenvalue weighted by molar-refractivity contribution is 9.10. The van der Waals surface area contributed by atoms with Crippen LogP contribution in [0, 0.1) is 10.1 Å². The summed E-state index contributed by atoms with van der Waals surface area (Å²) in [7, 11) is 0. The molecule has 1 aliphatic heterocycles. The van der Waals surface area contributed by atoms with Crippen molar-refractivity contribution in [2.75, 3.05) is 31.1 Å². The van der Waals surface area contributed by atoms with Crippen LogP contribution in [0.1, 0.15) is 10.4 Å². The predicted octanol–water partition coefficient (Wildman–Crippen LogP) is 4.87. The molecule has 0 saturated carbocycles. The van der Waals surface area contributed by atoms with Crippen molar-refractivity contribution >= 4 is 45.0 Å². The molecule has 1 aliphatic rings. The van der Waals surface area contributed by atoms with E-state index in [0.717, 1.165) is 9.37 Å². The quantitative estimate of drug-likeness (QED) is 0.368. The molecule has 4 rings (SSSR count). The average molecular weight is 499 g/mol. The second kappa shape index (κ2) is 9.49. The lowest BCUT2D eigenvalue weighted by atomic mass is 10.2. The third-order valence-electron chi connectivity index (χ3n) is 5.02. The van der Waals surface area contributed by atoms with Crippen LogP contribution >= 0.6 is 27.7 Å². The van der Waals surface area contributed by atoms with Crippen molar-refractivity contribution in [3.05, 3.63) is 87.0 Å². The molecule has 0 N–H and O–H groups in total. The number of nitrogens with zero attached hydrogens (tertiary/aromatic N) is 4. The van der Waals surface area contributed by atoms with Gasteiger partial charge in [0.2, 0.25) is 0 Å². The maximum atomic E-state index is 13.2. The number of piperazine rings is 1. The molecule has 31 heavy (non-hydrogen) atoms. The SMILES string of the molecule is O=C(c1cccnc1Sc1ccc(Br)cc1)N1CCN(c2ccccc2[N+](=O)[O-])CC1. The number of benzene rings is 2. The minimum atomic E-state index is -0.367. The maximum absolute atomic E-state index is 13.2. The number of nitro groups is 1. The van der Waals surface area contributed by atoms with Gasteiger partial charge in [-0.05, 0) is 42.5 Å². The Bertz CT molecular complexity index is 1100. The second-order valence-corrected chi connectivity index (χ2v) is 8.92. The highest BCUT2D eigenvalue weighted by Crippen LogP contribution is 2.31. The van der Waals surface area contributed by atoms with Gasteiger partial charge in [0.15, 0.2) is 0 Å². The molecule has 2 aromatic carbocycles. The standard InChI is InChI=1S/C22H19BrN4O3S/c23-16-7-9-17(10-8-16)31-21-18(4-3-11-24-21)22(28)26-14-12-25(13-15-26)19-5-1-2-6-20(19)27(29)30/h1-11H,12-15H2. The van der Waals surface area contributed by atoms with E-state index in [1.54, 1.807) is 41.4 Å². The van der Waals surface area contributed by atoms with Crippen molar-refractivity contribution in [1.82, 2.24) is 9.88 Å². The first-order valence-electron chi connectivity index (χ1n) is 9.69. The van der Waals surface area contributed by atoms with Crippen LogP contribution in [-0.4, -0.2) is 46.9 Å². The van der Waals surface area contributed by atoms with Crippen molar-refractivity contribution in [2.45, 2.75) is 9.92 Å². The molecular formula is C22H19BrN4O3S. The van der Waals surface area contributed by atoms with Crippen LogP contribution < -0.4 is 4.90 Å². The molecule has 1 amide bonds. The fourth-order valence-corrected chi connectivity index (χ4v) is 4.59. The zero-order valence-electron chi connectivity index (χ0n) is 16.5. The Balaban J connectivity index is 1.47. The van der Waals surface area contributed by atoms with Crippen molar-refractivity contribution in [1.29, 1.82) is 0 Å². The first-order chi connectivity index (χ1) is 15.0. The Hall–Kier alpha value is -2.91. The number of halogens is 1. The maximum Gasteiger partial charge on any atom is 0.292 e. The van der Waals surface area contributed by atoms with Crippen LogP contribution in [0.5, 0.6) is 0 Å². The van der Waals surface area contributed by atoms with E-state index in [4.69, 9.17) is 0 Å². The predicted molar refractivity (Wildman–Crippen MR) is 124 cm³/mol. The Morgan fingerprint density at radius 2 is 1.71 bits per heavy atom. The Labute approximate surface area is 192 Å². The molecule has 1 fully saturated rings. The van der Waals surface area contributed by atoms with Gasteiger partial charge in [-0.15, -0.1) is 0 Å². The van der Waals surface area contributed by atoms with Gasteiger partial charge in [-0.25, -0.2) is 4.98 Å². The summed E-state index contributed by atoms with van der Waals surface area (Å²) in [5, 5.41) is 12.0. The highest BCUT2D eigenvalue weighted by atomic mass is 79.9. The van der Waals surface area contributed by atoms with Crippen LogP contribution in [0.4, 0.5) is 11.4 Å². The number of hydrogen-bond donors (Lipinski definition) is 0. The molecule has 0 atom stereocenters. The number of rotatable bonds is 5. The Morgan fingerprint density at radius 1 is 1.00 bits per heavy atom. The normalized spacial score (nSPS) is 13.8. The summed E-state index contributed by atoms with van der Waals surface area (Å²) in [5.41, 5.74) is 1.24. The highest BCUT2D eigenvalue weighted by Gasteiger charge is 2.27. The summed E-state index contributed by atoms with van der Waals surface area (Å²) in [6.07, 6.45) is 1.68.